The predicted molar refractivity (Wildman–Crippen MR) is 165 cm³/mol. The van der Waals surface area contributed by atoms with Crippen LogP contribution in [0.3, 0.4) is 0 Å². The van der Waals surface area contributed by atoms with Crippen molar-refractivity contribution in [3.8, 4) is 22.8 Å². The Morgan fingerprint density at radius 1 is 0.875 bits per heavy atom. The fourth-order valence-corrected chi connectivity index (χ4v) is 4.90. The maximum Gasteiger partial charge on any atom is 0.250 e. The summed E-state index contributed by atoms with van der Waals surface area (Å²) < 4.78 is 11.8. The molecule has 0 atom stereocenters. The first-order chi connectivity index (χ1) is 19.4. The summed E-state index contributed by atoms with van der Waals surface area (Å²) >= 11 is 17.7. The third kappa shape index (κ3) is 5.35. The Balaban J connectivity index is 1.11. The number of hydrogen-bond donors (Lipinski definition) is 2. The normalized spacial score (nSPS) is 11.3. The van der Waals surface area contributed by atoms with E-state index in [1.165, 1.54) is 12.2 Å². The van der Waals surface area contributed by atoms with Crippen LogP contribution in [0.15, 0.2) is 106 Å². The summed E-state index contributed by atoms with van der Waals surface area (Å²) in [5.41, 5.74) is 3.54. The number of hydrogen-bond acceptors (Lipinski definition) is 5. The molecule has 2 N–H and O–H groups in total. The van der Waals surface area contributed by atoms with Crippen LogP contribution in [0.25, 0.3) is 50.7 Å². The van der Waals surface area contributed by atoms with Gasteiger partial charge in [0, 0.05) is 22.9 Å². The van der Waals surface area contributed by atoms with Gasteiger partial charge in [0.15, 0.2) is 10.7 Å². The van der Waals surface area contributed by atoms with Crippen molar-refractivity contribution in [3.05, 3.63) is 113 Å². The van der Waals surface area contributed by atoms with Crippen LogP contribution in [0.1, 0.15) is 5.76 Å². The number of fused-ring (bicyclic) bond motifs is 2. The van der Waals surface area contributed by atoms with E-state index in [0.717, 1.165) is 16.3 Å². The number of rotatable bonds is 5. The molecule has 0 fully saturated rings. The van der Waals surface area contributed by atoms with Gasteiger partial charge in [-0.1, -0.05) is 65.7 Å². The smallest absolute Gasteiger partial charge is 0.250 e. The van der Waals surface area contributed by atoms with Crippen molar-refractivity contribution < 1.29 is 13.6 Å². The van der Waals surface area contributed by atoms with E-state index in [1.54, 1.807) is 36.4 Å². The Bertz CT molecular complexity index is 1940. The first kappa shape index (κ1) is 25.8. The largest absolute Gasteiger partial charge is 0.457 e. The lowest BCUT2D eigenvalue weighted by Crippen LogP contribution is -2.32. The molecule has 1 amide bonds. The number of carbonyl (C=O) groups is 1. The van der Waals surface area contributed by atoms with Gasteiger partial charge in [-0.05, 0) is 77.6 Å². The lowest BCUT2D eigenvalue weighted by molar-refractivity contribution is -0.115. The van der Waals surface area contributed by atoms with Gasteiger partial charge in [0.2, 0.25) is 11.8 Å². The second-order valence-electron chi connectivity index (χ2n) is 8.81. The van der Waals surface area contributed by atoms with Crippen LogP contribution in [-0.2, 0) is 4.79 Å². The molecular weight excluding hydrogens is 565 g/mol. The highest BCUT2D eigenvalue weighted by atomic mass is 35.5. The molecule has 2 aromatic heterocycles. The highest BCUT2D eigenvalue weighted by Crippen LogP contribution is 2.35. The Kier molecular flexibility index (Phi) is 7.09. The number of aromatic nitrogens is 1. The Morgan fingerprint density at radius 2 is 1.68 bits per heavy atom. The SMILES string of the molecule is O=C(C=Cc1ccc(-c2cccc(Cl)c2Cl)o1)NC(=S)Nc1ccc2oc(-c3cccc4ccccc34)nc2c1. The molecule has 0 spiro atoms. The average Bonchev–Trinajstić information content (AvgIpc) is 3.60. The van der Waals surface area contributed by atoms with E-state index in [9.17, 15) is 4.79 Å². The number of nitrogens with one attached hydrogen (secondary N) is 2. The van der Waals surface area contributed by atoms with E-state index >= 15 is 0 Å². The van der Waals surface area contributed by atoms with E-state index in [4.69, 9.17) is 44.3 Å². The average molecular weight is 584 g/mol. The maximum absolute atomic E-state index is 12.4. The molecule has 6 aromatic rings. The van der Waals surface area contributed by atoms with E-state index < -0.39 is 5.91 Å². The molecule has 6 nitrogen and oxygen atoms in total. The van der Waals surface area contributed by atoms with Crippen LogP contribution in [0.2, 0.25) is 10.0 Å². The first-order valence-corrected chi connectivity index (χ1v) is 13.3. The van der Waals surface area contributed by atoms with Crippen LogP contribution >= 0.6 is 35.4 Å². The lowest BCUT2D eigenvalue weighted by atomic mass is 10.0. The zero-order valence-electron chi connectivity index (χ0n) is 20.7. The number of oxazole rings is 1. The van der Waals surface area contributed by atoms with Crippen molar-refractivity contribution in [2.45, 2.75) is 0 Å². The van der Waals surface area contributed by atoms with Gasteiger partial charge in [0.05, 0.1) is 10.0 Å². The molecule has 0 aliphatic carbocycles. The number of benzene rings is 4. The van der Waals surface area contributed by atoms with Crippen molar-refractivity contribution in [3.63, 3.8) is 0 Å². The van der Waals surface area contributed by atoms with Crippen LogP contribution < -0.4 is 10.6 Å². The molecule has 0 unspecified atom stereocenters. The summed E-state index contributed by atoms with van der Waals surface area (Å²) in [7, 11) is 0. The highest BCUT2D eigenvalue weighted by molar-refractivity contribution is 7.80. The monoisotopic (exact) mass is 583 g/mol. The van der Waals surface area contributed by atoms with Gasteiger partial charge in [0.25, 0.3) is 0 Å². The van der Waals surface area contributed by atoms with Crippen molar-refractivity contribution in [2.24, 2.45) is 0 Å². The Labute approximate surface area is 244 Å². The fraction of sp³-hybridized carbons (Fsp3) is 0. The minimum absolute atomic E-state index is 0.137. The number of amides is 1. The number of halogens is 2. The van der Waals surface area contributed by atoms with Gasteiger partial charge in [-0.2, -0.15) is 0 Å². The summed E-state index contributed by atoms with van der Waals surface area (Å²) in [6, 6.07) is 28.3. The number of carbonyl (C=O) groups excluding carboxylic acids is 1. The quantitative estimate of drug-likeness (QED) is 0.156. The molecular formula is C31H19Cl2N3O3S. The van der Waals surface area contributed by atoms with E-state index in [0.29, 0.717) is 49.8 Å². The van der Waals surface area contributed by atoms with Crippen LogP contribution in [-0.4, -0.2) is 16.0 Å². The standard InChI is InChI=1S/C31H19Cl2N3O3S/c32-24-10-4-9-23(29(24)33)26-15-12-20(38-26)13-16-28(37)36-31(40)34-19-11-14-27-25(17-19)35-30(39-27)22-8-3-6-18-5-1-2-7-21(18)22/h1-17H,(H2,34,36,37,40). The minimum atomic E-state index is -0.419. The molecule has 196 valence electrons. The molecule has 0 radical (unpaired) electrons. The Hall–Kier alpha value is -4.43. The van der Waals surface area contributed by atoms with Crippen molar-refractivity contribution >= 4 is 80.1 Å². The zero-order valence-corrected chi connectivity index (χ0v) is 23.0. The topological polar surface area (TPSA) is 80.3 Å². The molecule has 6 rings (SSSR count). The summed E-state index contributed by atoms with van der Waals surface area (Å²) in [5, 5.41) is 8.77. The van der Waals surface area contributed by atoms with Gasteiger partial charge < -0.3 is 14.2 Å². The first-order valence-electron chi connectivity index (χ1n) is 12.2. The number of thiocarbonyl (C=S) groups is 1. The van der Waals surface area contributed by atoms with Crippen LogP contribution in [0.5, 0.6) is 0 Å². The molecule has 9 heteroatoms. The summed E-state index contributed by atoms with van der Waals surface area (Å²) in [5.74, 6) is 1.12. The van der Waals surface area contributed by atoms with E-state index in [1.807, 2.05) is 42.5 Å². The third-order valence-electron chi connectivity index (χ3n) is 6.15. The number of nitrogens with zero attached hydrogens (tertiary/aromatic N) is 1. The van der Waals surface area contributed by atoms with E-state index in [-0.39, 0.29) is 5.11 Å². The van der Waals surface area contributed by atoms with Gasteiger partial charge in [-0.25, -0.2) is 4.98 Å². The van der Waals surface area contributed by atoms with Gasteiger partial charge in [0.1, 0.15) is 17.0 Å². The lowest BCUT2D eigenvalue weighted by Gasteiger charge is -2.07. The molecule has 4 aromatic carbocycles. The molecule has 0 saturated heterocycles. The van der Waals surface area contributed by atoms with Crippen molar-refractivity contribution in [1.82, 2.24) is 10.3 Å². The van der Waals surface area contributed by atoms with Gasteiger partial charge >= 0.3 is 0 Å². The second kappa shape index (κ2) is 11.0. The second-order valence-corrected chi connectivity index (χ2v) is 10.0. The molecule has 0 aliphatic rings. The number of anilines is 1. The predicted octanol–water partition coefficient (Wildman–Crippen LogP) is 8.74. The summed E-state index contributed by atoms with van der Waals surface area (Å²) in [6.07, 6.45) is 2.86. The molecule has 0 saturated carbocycles. The van der Waals surface area contributed by atoms with E-state index in [2.05, 4.69) is 27.8 Å². The van der Waals surface area contributed by atoms with Crippen molar-refractivity contribution in [1.29, 1.82) is 0 Å². The minimum Gasteiger partial charge on any atom is -0.457 e. The Morgan fingerprint density at radius 3 is 2.58 bits per heavy atom. The molecule has 2 heterocycles. The molecule has 40 heavy (non-hydrogen) atoms. The number of furan rings is 1. The highest BCUT2D eigenvalue weighted by Gasteiger charge is 2.13. The third-order valence-corrected chi connectivity index (χ3v) is 7.17. The van der Waals surface area contributed by atoms with Gasteiger partial charge in [-0.15, -0.1) is 0 Å². The van der Waals surface area contributed by atoms with Crippen LogP contribution in [0.4, 0.5) is 5.69 Å². The molecule has 0 bridgehead atoms. The molecule has 0 aliphatic heterocycles. The fourth-order valence-electron chi connectivity index (χ4n) is 4.29. The van der Waals surface area contributed by atoms with Crippen LogP contribution in [0, 0.1) is 0 Å². The maximum atomic E-state index is 12.4. The summed E-state index contributed by atoms with van der Waals surface area (Å²) in [6.45, 7) is 0. The van der Waals surface area contributed by atoms with Crippen molar-refractivity contribution in [2.75, 3.05) is 5.32 Å². The summed E-state index contributed by atoms with van der Waals surface area (Å²) in [4.78, 5) is 17.1. The zero-order chi connectivity index (χ0) is 27.6. The van der Waals surface area contributed by atoms with Gasteiger partial charge in [-0.3, -0.25) is 10.1 Å².